The number of rotatable bonds is 8. The summed E-state index contributed by atoms with van der Waals surface area (Å²) in [5, 5.41) is 0. The van der Waals surface area contributed by atoms with Crippen LogP contribution in [-0.4, -0.2) is 30.2 Å². The Balaban J connectivity index is 4.62. The quantitative estimate of drug-likeness (QED) is 0.356. The first-order valence-electron chi connectivity index (χ1n) is 7.11. The van der Waals surface area contributed by atoms with Crippen molar-refractivity contribution in [2.24, 2.45) is 0 Å². The van der Waals surface area contributed by atoms with Gasteiger partial charge in [-0.15, -0.1) is 0 Å². The molecule has 0 aliphatic rings. The van der Waals surface area contributed by atoms with Crippen LogP contribution in [0.1, 0.15) is 39.0 Å². The first kappa shape index (κ1) is 18.7. The number of unbranched alkanes of at least 4 members (excludes halogenated alkanes) is 4. The van der Waals surface area contributed by atoms with Gasteiger partial charge in [0.15, 0.2) is 0 Å². The van der Waals surface area contributed by atoms with E-state index in [2.05, 4.69) is 6.92 Å². The van der Waals surface area contributed by atoms with Crippen molar-refractivity contribution >= 4 is 21.9 Å². The molecule has 112 valence electrons. The number of hydrogen-bond donors (Lipinski definition) is 3. The van der Waals surface area contributed by atoms with Crippen molar-refractivity contribution in [2.45, 2.75) is 77.8 Å². The molecular formula is C12H33O3PSi2. The van der Waals surface area contributed by atoms with Crippen LogP contribution in [-0.2, 0) is 0 Å². The molecule has 0 spiro atoms. The molecule has 0 saturated heterocycles. The van der Waals surface area contributed by atoms with Crippen LogP contribution >= 0.6 is 6.38 Å². The van der Waals surface area contributed by atoms with E-state index in [-0.39, 0.29) is 0 Å². The van der Waals surface area contributed by atoms with Gasteiger partial charge in [-0.3, -0.25) is 0 Å². The fraction of sp³-hybridized carbons (Fsp3) is 1.00. The minimum atomic E-state index is -4.40. The zero-order chi connectivity index (χ0) is 14.7. The van der Waals surface area contributed by atoms with Crippen molar-refractivity contribution in [3.8, 4) is 0 Å². The van der Waals surface area contributed by atoms with E-state index in [1.54, 1.807) is 0 Å². The molecule has 0 radical (unpaired) electrons. The van der Waals surface area contributed by atoms with Gasteiger partial charge in [0, 0.05) is 0 Å². The normalized spacial score (nSPS) is 16.4. The van der Waals surface area contributed by atoms with Crippen molar-refractivity contribution in [1.29, 1.82) is 0 Å². The van der Waals surface area contributed by atoms with E-state index in [0.717, 1.165) is 18.9 Å². The van der Waals surface area contributed by atoms with Gasteiger partial charge in [0.2, 0.25) is 0 Å². The Morgan fingerprint density at radius 2 is 1.22 bits per heavy atom. The molecule has 0 saturated carbocycles. The third-order valence-corrected chi connectivity index (χ3v) is 36.8. The average Bonchev–Trinajstić information content (AvgIpc) is 2.14. The van der Waals surface area contributed by atoms with Crippen LogP contribution in [0.25, 0.3) is 0 Å². The second-order valence-corrected chi connectivity index (χ2v) is 31.5. The summed E-state index contributed by atoms with van der Waals surface area (Å²) in [5.41, 5.74) is 0. The molecule has 0 unspecified atom stereocenters. The molecule has 0 amide bonds. The second kappa shape index (κ2) is 6.02. The van der Waals surface area contributed by atoms with Crippen molar-refractivity contribution in [1.82, 2.24) is 0 Å². The maximum absolute atomic E-state index is 10.6. The Hall–Kier alpha value is 0.744. The van der Waals surface area contributed by atoms with Gasteiger partial charge in [-0.05, 0) is 0 Å². The summed E-state index contributed by atoms with van der Waals surface area (Å²) in [7, 11) is -4.75. The molecule has 6 heteroatoms. The van der Waals surface area contributed by atoms with Gasteiger partial charge in [0.1, 0.15) is 0 Å². The molecule has 0 fully saturated rings. The molecule has 0 aliphatic carbocycles. The van der Waals surface area contributed by atoms with Crippen LogP contribution in [0, 0.1) is 0 Å². The molecule has 3 nitrogen and oxygen atoms in total. The Morgan fingerprint density at radius 1 is 0.778 bits per heavy atom. The van der Waals surface area contributed by atoms with Gasteiger partial charge in [0.05, 0.1) is 0 Å². The first-order valence-corrected chi connectivity index (χ1v) is 17.6. The molecule has 3 N–H and O–H groups in total. The Labute approximate surface area is 115 Å². The molecule has 0 aromatic rings. The van der Waals surface area contributed by atoms with E-state index in [4.69, 9.17) is 0 Å². The van der Waals surface area contributed by atoms with Gasteiger partial charge < -0.3 is 0 Å². The first-order chi connectivity index (χ1) is 7.85. The van der Waals surface area contributed by atoms with E-state index in [9.17, 15) is 14.7 Å². The van der Waals surface area contributed by atoms with E-state index in [0.29, 0.717) is 0 Å². The van der Waals surface area contributed by atoms with Gasteiger partial charge in [-0.25, -0.2) is 0 Å². The molecule has 0 bridgehead atoms. The van der Waals surface area contributed by atoms with Crippen molar-refractivity contribution in [3.05, 3.63) is 0 Å². The zero-order valence-corrected chi connectivity index (χ0v) is 15.9. The van der Waals surface area contributed by atoms with E-state index < -0.39 is 21.9 Å². The summed E-state index contributed by atoms with van der Waals surface area (Å²) >= 11 is 0. The summed E-state index contributed by atoms with van der Waals surface area (Å²) in [6, 6.07) is 0.822. The van der Waals surface area contributed by atoms with Crippen LogP contribution in [0.4, 0.5) is 0 Å². The Morgan fingerprint density at radius 3 is 1.61 bits per heavy atom. The predicted octanol–water partition coefficient (Wildman–Crippen LogP) is 4.27. The monoisotopic (exact) mass is 312 g/mol. The van der Waals surface area contributed by atoms with Gasteiger partial charge in [-0.1, -0.05) is 0 Å². The molecular weight excluding hydrogens is 279 g/mol. The molecule has 0 aromatic heterocycles. The summed E-state index contributed by atoms with van der Waals surface area (Å²) in [6.07, 6.45) is 1.43. The summed E-state index contributed by atoms with van der Waals surface area (Å²) in [5.74, 6) is 0. The topological polar surface area (TPSA) is 60.7 Å². The van der Waals surface area contributed by atoms with Crippen LogP contribution < -0.4 is 0 Å². The maximum atomic E-state index is 10.6. The summed E-state index contributed by atoms with van der Waals surface area (Å²) in [6.45, 7) is 11.7. The second-order valence-electron chi connectivity index (χ2n) is 7.13. The van der Waals surface area contributed by atoms with Crippen molar-refractivity contribution in [2.75, 3.05) is 0 Å². The minimum absolute atomic E-state index is 0.822. The molecule has 0 rings (SSSR count). The average molecular weight is 313 g/mol. The van der Waals surface area contributed by atoms with Crippen LogP contribution in [0.2, 0.25) is 38.8 Å². The fourth-order valence-corrected chi connectivity index (χ4v) is 30.1. The summed E-state index contributed by atoms with van der Waals surface area (Å²) in [4.78, 5) is 31.8. The summed E-state index contributed by atoms with van der Waals surface area (Å²) < 4.78 is 0. The third kappa shape index (κ3) is 3.87. The molecule has 0 heterocycles. The number of hydrogen-bond acceptors (Lipinski definition) is 3. The van der Waals surface area contributed by atoms with Gasteiger partial charge in [-0.2, -0.15) is 0 Å². The van der Waals surface area contributed by atoms with Gasteiger partial charge >= 0.3 is 114 Å². The van der Waals surface area contributed by atoms with Crippen molar-refractivity contribution in [3.63, 3.8) is 0 Å². The molecule has 0 atom stereocenters. The Kier molecular flexibility index (Phi) is 6.27. The van der Waals surface area contributed by atoms with Gasteiger partial charge in [0.25, 0.3) is 0 Å². The fourth-order valence-electron chi connectivity index (χ4n) is 2.28. The SMILES string of the molecule is CCCCCCC[Si](C)(C)P(O)(O)(O)[Si](C)(C)C. The standard InChI is InChI=1S/C12H33O3PSi2/c1-7-8-9-10-11-12-18(5,6)16(13,14,15)17(2,3)4/h13-15H,7-12H2,1-6H3. The van der Waals surface area contributed by atoms with E-state index in [1.165, 1.54) is 19.3 Å². The zero-order valence-electron chi connectivity index (χ0n) is 13.0. The van der Waals surface area contributed by atoms with Crippen LogP contribution in [0.15, 0.2) is 0 Å². The van der Waals surface area contributed by atoms with Crippen LogP contribution in [0.5, 0.6) is 0 Å². The third-order valence-electron chi connectivity index (χ3n) is 4.24. The van der Waals surface area contributed by atoms with E-state index >= 15 is 0 Å². The molecule has 0 aliphatic heterocycles. The Bertz CT molecular complexity index is 267. The molecule has 18 heavy (non-hydrogen) atoms. The molecule has 0 aromatic carbocycles. The van der Waals surface area contributed by atoms with Crippen LogP contribution in [0.3, 0.4) is 0 Å². The van der Waals surface area contributed by atoms with E-state index in [1.807, 2.05) is 32.7 Å². The predicted molar refractivity (Wildman–Crippen MR) is 88.0 cm³/mol. The van der Waals surface area contributed by atoms with Crippen molar-refractivity contribution < 1.29 is 14.7 Å².